The average Bonchev–Trinajstić information content (AvgIpc) is 2.36. The van der Waals surface area contributed by atoms with Crippen molar-refractivity contribution >= 4 is 23.1 Å². The fourth-order valence-electron chi connectivity index (χ4n) is 1.24. The van der Waals surface area contributed by atoms with Gasteiger partial charge in [-0.05, 0) is 19.9 Å². The normalized spacial score (nSPS) is 10.9. The van der Waals surface area contributed by atoms with Gasteiger partial charge in [-0.15, -0.1) is 0 Å². The Morgan fingerprint density at radius 1 is 1.63 bits per heavy atom. The van der Waals surface area contributed by atoms with Crippen LogP contribution in [0.3, 0.4) is 0 Å². The Morgan fingerprint density at radius 3 is 3.00 bits per heavy atom. The molecule has 0 aromatic carbocycles. The van der Waals surface area contributed by atoms with E-state index in [9.17, 15) is 14.9 Å². The first-order chi connectivity index (χ1) is 9.04. The highest BCUT2D eigenvalue weighted by atomic mass is 16.6. The lowest BCUT2D eigenvalue weighted by atomic mass is 10.3. The van der Waals surface area contributed by atoms with E-state index < -0.39 is 10.9 Å². The summed E-state index contributed by atoms with van der Waals surface area (Å²) in [7, 11) is 0. The highest BCUT2D eigenvalue weighted by Gasteiger charge is 2.12. The number of hydrazone groups is 1. The summed E-state index contributed by atoms with van der Waals surface area (Å²) in [5, 5.41) is 14.6. The number of esters is 1. The third-order valence-corrected chi connectivity index (χ3v) is 2.07. The van der Waals surface area contributed by atoms with Gasteiger partial charge in [-0.3, -0.25) is 25.3 Å². The molecule has 0 aliphatic carbocycles. The van der Waals surface area contributed by atoms with E-state index in [1.165, 1.54) is 12.3 Å². The van der Waals surface area contributed by atoms with Gasteiger partial charge >= 0.3 is 11.7 Å². The second kappa shape index (κ2) is 7.04. The third-order valence-electron chi connectivity index (χ3n) is 2.07. The Labute approximate surface area is 109 Å². The highest BCUT2D eigenvalue weighted by molar-refractivity contribution is 5.97. The first-order valence-electron chi connectivity index (χ1n) is 5.57. The van der Waals surface area contributed by atoms with Gasteiger partial charge in [0.1, 0.15) is 11.9 Å². The lowest BCUT2D eigenvalue weighted by Crippen LogP contribution is -2.10. The SMILES string of the molecule is CCOC(=O)C/C(C)=N/Nc1ccncc1[N+](=O)[O-]. The Balaban J connectivity index is 2.70. The van der Waals surface area contributed by atoms with Crippen molar-refractivity contribution in [3.8, 4) is 0 Å². The fourth-order valence-corrected chi connectivity index (χ4v) is 1.24. The molecule has 0 radical (unpaired) electrons. The standard InChI is InChI=1S/C11H14N4O4/c1-3-19-11(16)6-8(2)13-14-9-4-5-12-7-10(9)15(17)18/h4-5,7H,3,6H2,1-2H3,(H,12,14)/b13-8+. The highest BCUT2D eigenvalue weighted by Crippen LogP contribution is 2.21. The average molecular weight is 266 g/mol. The molecule has 102 valence electrons. The molecule has 1 rings (SSSR count). The molecular formula is C11H14N4O4. The topological polar surface area (TPSA) is 107 Å². The van der Waals surface area contributed by atoms with Crippen LogP contribution in [-0.4, -0.2) is 28.2 Å². The molecule has 0 amide bonds. The molecule has 8 nitrogen and oxygen atoms in total. The number of carbonyl (C=O) groups excluding carboxylic acids is 1. The van der Waals surface area contributed by atoms with Crippen molar-refractivity contribution in [1.82, 2.24) is 4.98 Å². The zero-order valence-corrected chi connectivity index (χ0v) is 10.6. The smallest absolute Gasteiger partial charge is 0.312 e. The van der Waals surface area contributed by atoms with Crippen LogP contribution in [0.2, 0.25) is 0 Å². The Bertz CT molecular complexity index is 501. The molecule has 0 fully saturated rings. The number of hydrogen-bond acceptors (Lipinski definition) is 7. The van der Waals surface area contributed by atoms with Crippen LogP contribution in [-0.2, 0) is 9.53 Å². The van der Waals surface area contributed by atoms with Gasteiger partial charge in [-0.2, -0.15) is 5.10 Å². The number of nitro groups is 1. The molecule has 0 spiro atoms. The lowest BCUT2D eigenvalue weighted by Gasteiger charge is -2.04. The lowest BCUT2D eigenvalue weighted by molar-refractivity contribution is -0.384. The van der Waals surface area contributed by atoms with Crippen LogP contribution in [0.4, 0.5) is 11.4 Å². The monoisotopic (exact) mass is 266 g/mol. The summed E-state index contributed by atoms with van der Waals surface area (Å²) >= 11 is 0. The Hall–Kier alpha value is -2.51. The number of hydrogen-bond donors (Lipinski definition) is 1. The number of rotatable bonds is 6. The first kappa shape index (κ1) is 14.6. The zero-order chi connectivity index (χ0) is 14.3. The molecular weight excluding hydrogens is 252 g/mol. The summed E-state index contributed by atoms with van der Waals surface area (Å²) in [4.78, 5) is 25.0. The third kappa shape index (κ3) is 4.70. The number of nitrogens with one attached hydrogen (secondary N) is 1. The van der Waals surface area contributed by atoms with Crippen molar-refractivity contribution < 1.29 is 14.5 Å². The van der Waals surface area contributed by atoms with E-state index in [4.69, 9.17) is 4.74 Å². The number of ether oxygens (including phenoxy) is 1. The van der Waals surface area contributed by atoms with Gasteiger partial charge in [0.05, 0.1) is 18.0 Å². The van der Waals surface area contributed by atoms with Crippen molar-refractivity contribution in [2.75, 3.05) is 12.0 Å². The molecule has 0 aliphatic heterocycles. The maximum Gasteiger partial charge on any atom is 0.312 e. The van der Waals surface area contributed by atoms with E-state index in [-0.39, 0.29) is 17.8 Å². The Kier molecular flexibility index (Phi) is 5.39. The molecule has 0 atom stereocenters. The number of nitrogens with zero attached hydrogens (tertiary/aromatic N) is 3. The molecule has 0 bridgehead atoms. The van der Waals surface area contributed by atoms with E-state index in [0.29, 0.717) is 12.3 Å². The number of aromatic nitrogens is 1. The zero-order valence-electron chi connectivity index (χ0n) is 10.6. The molecule has 0 saturated heterocycles. The van der Waals surface area contributed by atoms with Gasteiger partial charge in [0.2, 0.25) is 0 Å². The van der Waals surface area contributed by atoms with Gasteiger partial charge < -0.3 is 4.74 Å². The van der Waals surface area contributed by atoms with Crippen LogP contribution < -0.4 is 5.43 Å². The van der Waals surface area contributed by atoms with Crippen molar-refractivity contribution in [3.63, 3.8) is 0 Å². The summed E-state index contributed by atoms with van der Waals surface area (Å²) in [6.07, 6.45) is 2.56. The minimum Gasteiger partial charge on any atom is -0.466 e. The summed E-state index contributed by atoms with van der Waals surface area (Å²) in [6.45, 7) is 3.63. The number of pyridine rings is 1. The van der Waals surface area contributed by atoms with Crippen molar-refractivity contribution in [1.29, 1.82) is 0 Å². The van der Waals surface area contributed by atoms with E-state index in [2.05, 4.69) is 15.5 Å². The number of carbonyl (C=O) groups is 1. The maximum atomic E-state index is 11.2. The summed E-state index contributed by atoms with van der Waals surface area (Å²) < 4.78 is 4.76. The fraction of sp³-hybridized carbons (Fsp3) is 0.364. The van der Waals surface area contributed by atoms with Gasteiger partial charge in [-0.25, -0.2) is 0 Å². The van der Waals surface area contributed by atoms with E-state index in [1.807, 2.05) is 0 Å². The molecule has 0 saturated carbocycles. The second-order valence-electron chi connectivity index (χ2n) is 3.59. The molecule has 19 heavy (non-hydrogen) atoms. The van der Waals surface area contributed by atoms with E-state index >= 15 is 0 Å². The molecule has 1 heterocycles. The van der Waals surface area contributed by atoms with Crippen LogP contribution in [0.25, 0.3) is 0 Å². The van der Waals surface area contributed by atoms with E-state index in [0.717, 1.165) is 6.20 Å². The molecule has 0 aliphatic rings. The van der Waals surface area contributed by atoms with Gasteiger partial charge in [0, 0.05) is 11.9 Å². The quantitative estimate of drug-likeness (QED) is 0.363. The minimum absolute atomic E-state index is 0.0275. The molecule has 0 unspecified atom stereocenters. The van der Waals surface area contributed by atoms with Gasteiger partial charge in [0.25, 0.3) is 0 Å². The van der Waals surface area contributed by atoms with Crippen LogP contribution in [0.5, 0.6) is 0 Å². The predicted octanol–water partition coefficient (Wildman–Crippen LogP) is 1.73. The van der Waals surface area contributed by atoms with Gasteiger partial charge in [-0.1, -0.05) is 0 Å². The predicted molar refractivity (Wildman–Crippen MR) is 68.9 cm³/mol. The van der Waals surface area contributed by atoms with Crippen molar-refractivity contribution in [2.45, 2.75) is 20.3 Å². The summed E-state index contributed by atoms with van der Waals surface area (Å²) in [6, 6.07) is 1.43. The minimum atomic E-state index is -0.564. The van der Waals surface area contributed by atoms with Crippen LogP contribution in [0, 0.1) is 10.1 Å². The Morgan fingerprint density at radius 2 is 2.37 bits per heavy atom. The molecule has 8 heteroatoms. The molecule has 1 aromatic rings. The first-order valence-corrected chi connectivity index (χ1v) is 5.57. The van der Waals surface area contributed by atoms with Crippen LogP contribution in [0.15, 0.2) is 23.6 Å². The van der Waals surface area contributed by atoms with Crippen molar-refractivity contribution in [3.05, 3.63) is 28.6 Å². The summed E-state index contributed by atoms with van der Waals surface area (Å²) in [5.74, 6) is -0.394. The van der Waals surface area contributed by atoms with E-state index in [1.54, 1.807) is 13.8 Å². The van der Waals surface area contributed by atoms with Crippen LogP contribution in [0.1, 0.15) is 20.3 Å². The second-order valence-corrected chi connectivity index (χ2v) is 3.59. The molecule has 1 N–H and O–H groups in total. The molecule has 1 aromatic heterocycles. The van der Waals surface area contributed by atoms with Gasteiger partial charge in [0.15, 0.2) is 0 Å². The number of anilines is 1. The van der Waals surface area contributed by atoms with Crippen LogP contribution >= 0.6 is 0 Å². The maximum absolute atomic E-state index is 11.2. The van der Waals surface area contributed by atoms with Crippen molar-refractivity contribution in [2.24, 2.45) is 5.10 Å². The summed E-state index contributed by atoms with van der Waals surface area (Å²) in [5.41, 5.74) is 3.03. The largest absolute Gasteiger partial charge is 0.466 e.